The Labute approximate surface area is 182 Å². The number of fused-ring (bicyclic) bond motifs is 1. The zero-order chi connectivity index (χ0) is 23.3. The summed E-state index contributed by atoms with van der Waals surface area (Å²) >= 11 is 0. The van der Waals surface area contributed by atoms with Crippen LogP contribution in [0.5, 0.6) is 11.5 Å². The summed E-state index contributed by atoms with van der Waals surface area (Å²) < 4.78 is 10.8. The van der Waals surface area contributed by atoms with Crippen molar-refractivity contribution >= 4 is 17.8 Å². The number of ether oxygens (including phenoxy) is 2. The van der Waals surface area contributed by atoms with E-state index in [9.17, 15) is 19.5 Å². The predicted octanol–water partition coefficient (Wildman–Crippen LogP) is 2.62. The number of carbonyl (C=O) groups excluding carboxylic acids is 2. The van der Waals surface area contributed by atoms with Gasteiger partial charge in [0.15, 0.2) is 0 Å². The van der Waals surface area contributed by atoms with Crippen LogP contribution in [-0.4, -0.2) is 53.1 Å². The van der Waals surface area contributed by atoms with E-state index in [0.717, 1.165) is 0 Å². The Kier molecular flexibility index (Phi) is 5.82. The van der Waals surface area contributed by atoms with Crippen LogP contribution in [0.4, 0.5) is 0 Å². The predicted molar refractivity (Wildman–Crippen MR) is 114 cm³/mol. The van der Waals surface area contributed by atoms with Crippen LogP contribution < -0.4 is 14.8 Å². The maximum atomic E-state index is 13.6. The number of aliphatic carboxylic acids is 1. The zero-order valence-electron chi connectivity index (χ0n) is 19.2. The summed E-state index contributed by atoms with van der Waals surface area (Å²) in [6.07, 6.45) is 0.218. The summed E-state index contributed by atoms with van der Waals surface area (Å²) in [7, 11) is 3.04. The first-order valence-electron chi connectivity index (χ1n) is 10.5. The lowest BCUT2D eigenvalue weighted by Gasteiger charge is -2.36. The summed E-state index contributed by atoms with van der Waals surface area (Å²) in [5, 5.41) is 13.5. The van der Waals surface area contributed by atoms with Gasteiger partial charge in [-0.25, -0.2) is 0 Å². The maximum absolute atomic E-state index is 13.6. The average Bonchev–Trinajstić information content (AvgIpc) is 3.15. The summed E-state index contributed by atoms with van der Waals surface area (Å²) in [4.78, 5) is 41.0. The lowest BCUT2D eigenvalue weighted by atomic mass is 9.75. The van der Waals surface area contributed by atoms with Gasteiger partial charge in [0.2, 0.25) is 11.8 Å². The number of amides is 2. The highest BCUT2D eigenvalue weighted by Gasteiger charge is 2.69. The third-order valence-electron chi connectivity index (χ3n) is 6.21. The smallest absolute Gasteiger partial charge is 0.324 e. The highest BCUT2D eigenvalue weighted by molar-refractivity contribution is 6.10. The Balaban J connectivity index is 2.22. The van der Waals surface area contributed by atoms with Crippen molar-refractivity contribution in [3.05, 3.63) is 23.8 Å². The lowest BCUT2D eigenvalue weighted by Crippen LogP contribution is -2.58. The number of hydrogen-bond donors (Lipinski definition) is 2. The van der Waals surface area contributed by atoms with Gasteiger partial charge in [0.25, 0.3) is 0 Å². The number of nitrogens with one attached hydrogen (secondary N) is 1. The fourth-order valence-corrected chi connectivity index (χ4v) is 5.12. The van der Waals surface area contributed by atoms with Crippen LogP contribution >= 0.6 is 0 Å². The molecule has 0 aromatic heterocycles. The van der Waals surface area contributed by atoms with Gasteiger partial charge in [0, 0.05) is 23.2 Å². The summed E-state index contributed by atoms with van der Waals surface area (Å²) in [5.41, 5.74) is -1.68. The van der Waals surface area contributed by atoms with Crippen molar-refractivity contribution in [1.82, 2.24) is 10.2 Å². The van der Waals surface area contributed by atoms with Crippen LogP contribution in [0.25, 0.3) is 0 Å². The fraction of sp³-hybridized carbons (Fsp3) is 0.609. The molecule has 0 aliphatic carbocycles. The van der Waals surface area contributed by atoms with Crippen molar-refractivity contribution in [2.24, 2.45) is 17.8 Å². The molecule has 2 fully saturated rings. The molecule has 2 saturated heterocycles. The number of methoxy groups -OCH3 is 2. The first-order valence-corrected chi connectivity index (χ1v) is 10.5. The molecule has 1 aromatic rings. The third kappa shape index (κ3) is 3.56. The van der Waals surface area contributed by atoms with Gasteiger partial charge in [-0.2, -0.15) is 0 Å². The number of benzene rings is 1. The minimum absolute atomic E-state index is 0.00708. The van der Waals surface area contributed by atoms with Crippen LogP contribution in [0.1, 0.15) is 52.6 Å². The molecule has 2 N–H and O–H groups in total. The van der Waals surface area contributed by atoms with Crippen LogP contribution in [0.3, 0.4) is 0 Å². The molecule has 0 radical (unpaired) electrons. The van der Waals surface area contributed by atoms with Gasteiger partial charge in [0.05, 0.1) is 26.1 Å². The minimum Gasteiger partial charge on any atom is -0.497 e. The summed E-state index contributed by atoms with van der Waals surface area (Å²) in [6, 6.07) is 4.50. The second-order valence-corrected chi connectivity index (χ2v) is 9.79. The van der Waals surface area contributed by atoms with Gasteiger partial charge in [-0.05, 0) is 39.2 Å². The number of carboxylic acids is 1. The Bertz CT molecular complexity index is 906. The van der Waals surface area contributed by atoms with E-state index in [0.29, 0.717) is 17.1 Å². The van der Waals surface area contributed by atoms with E-state index in [-0.39, 0.29) is 18.2 Å². The van der Waals surface area contributed by atoms with Crippen LogP contribution in [0.2, 0.25) is 0 Å². The Morgan fingerprint density at radius 2 is 1.84 bits per heavy atom. The monoisotopic (exact) mass is 432 g/mol. The van der Waals surface area contributed by atoms with E-state index < -0.39 is 40.8 Å². The van der Waals surface area contributed by atoms with Crippen LogP contribution in [-0.2, 0) is 14.4 Å². The first-order chi connectivity index (χ1) is 14.4. The molecule has 2 heterocycles. The standard InChI is InChI=1S/C23H32N2O6/c1-12(2)11-23(21(28)29)17-16(19(26)25(20(17)27)22(3,4)5)18(24-23)14-9-8-13(30-6)10-15(14)31-7/h8-10,12,16-18,24H,11H2,1-7H3,(H,28,29). The Morgan fingerprint density at radius 3 is 2.32 bits per heavy atom. The van der Waals surface area contributed by atoms with Gasteiger partial charge < -0.3 is 14.6 Å². The van der Waals surface area contributed by atoms with Gasteiger partial charge in [-0.1, -0.05) is 19.9 Å². The highest BCUT2D eigenvalue weighted by atomic mass is 16.5. The van der Waals surface area contributed by atoms with Crippen molar-refractivity contribution < 1.29 is 29.0 Å². The number of carboxylic acid groups (broad SMARTS) is 1. The maximum Gasteiger partial charge on any atom is 0.324 e. The number of rotatable bonds is 6. The number of likely N-dealkylation sites (tertiary alicyclic amines) is 1. The molecule has 3 rings (SSSR count). The van der Waals surface area contributed by atoms with Gasteiger partial charge >= 0.3 is 5.97 Å². The topological polar surface area (TPSA) is 105 Å². The van der Waals surface area contributed by atoms with E-state index in [1.54, 1.807) is 39.0 Å². The van der Waals surface area contributed by atoms with E-state index in [4.69, 9.17) is 9.47 Å². The van der Waals surface area contributed by atoms with E-state index in [2.05, 4.69) is 5.32 Å². The molecule has 170 valence electrons. The van der Waals surface area contributed by atoms with E-state index >= 15 is 0 Å². The Morgan fingerprint density at radius 1 is 1.19 bits per heavy atom. The molecule has 4 unspecified atom stereocenters. The normalized spacial score (nSPS) is 28.3. The summed E-state index contributed by atoms with van der Waals surface area (Å²) in [6.45, 7) is 9.16. The van der Waals surface area contributed by atoms with E-state index in [1.807, 2.05) is 13.8 Å². The molecule has 8 heteroatoms. The zero-order valence-corrected chi connectivity index (χ0v) is 19.2. The molecule has 4 atom stereocenters. The van der Waals surface area contributed by atoms with Crippen molar-refractivity contribution in [2.75, 3.05) is 14.2 Å². The summed E-state index contributed by atoms with van der Waals surface area (Å²) in [5.74, 6) is -2.73. The average molecular weight is 433 g/mol. The van der Waals surface area contributed by atoms with Gasteiger partial charge in [-0.3, -0.25) is 24.6 Å². The number of nitrogens with zero attached hydrogens (tertiary/aromatic N) is 1. The molecule has 2 aliphatic rings. The molecular weight excluding hydrogens is 400 g/mol. The first kappa shape index (κ1) is 23.1. The largest absolute Gasteiger partial charge is 0.497 e. The molecule has 1 aromatic carbocycles. The number of hydrogen-bond acceptors (Lipinski definition) is 6. The molecule has 31 heavy (non-hydrogen) atoms. The van der Waals surface area contributed by atoms with Crippen LogP contribution in [0.15, 0.2) is 18.2 Å². The highest BCUT2D eigenvalue weighted by Crippen LogP contribution is 2.53. The Hall–Kier alpha value is -2.61. The second-order valence-electron chi connectivity index (χ2n) is 9.79. The van der Waals surface area contributed by atoms with E-state index in [1.165, 1.54) is 19.1 Å². The van der Waals surface area contributed by atoms with Gasteiger partial charge in [0.1, 0.15) is 17.0 Å². The molecule has 2 amide bonds. The third-order valence-corrected chi connectivity index (χ3v) is 6.21. The minimum atomic E-state index is -1.55. The second kappa shape index (κ2) is 7.82. The molecule has 0 saturated carbocycles. The SMILES string of the molecule is COc1ccc(C2NC(CC(C)C)(C(=O)O)C3C(=O)N(C(C)(C)C)C(=O)C23)c(OC)c1. The van der Waals surface area contributed by atoms with Crippen molar-refractivity contribution in [1.29, 1.82) is 0 Å². The lowest BCUT2D eigenvalue weighted by molar-refractivity contribution is -0.154. The number of imide groups is 1. The van der Waals surface area contributed by atoms with Gasteiger partial charge in [-0.15, -0.1) is 0 Å². The van der Waals surface area contributed by atoms with Crippen molar-refractivity contribution in [3.63, 3.8) is 0 Å². The molecule has 0 spiro atoms. The molecular formula is C23H32N2O6. The van der Waals surface area contributed by atoms with Crippen LogP contribution in [0, 0.1) is 17.8 Å². The quantitative estimate of drug-likeness (QED) is 0.666. The molecule has 2 aliphatic heterocycles. The van der Waals surface area contributed by atoms with Crippen molar-refractivity contribution in [2.45, 2.75) is 58.2 Å². The van der Waals surface area contributed by atoms with Crippen molar-refractivity contribution in [3.8, 4) is 11.5 Å². The molecule has 0 bridgehead atoms. The molecule has 8 nitrogen and oxygen atoms in total. The number of carbonyl (C=O) groups is 3. The fourth-order valence-electron chi connectivity index (χ4n) is 5.12.